The lowest BCUT2D eigenvalue weighted by molar-refractivity contribution is 0.0415. The molecule has 0 bridgehead atoms. The van der Waals surface area contributed by atoms with Gasteiger partial charge in [0.15, 0.2) is 0 Å². The second-order valence-electron chi connectivity index (χ2n) is 7.50. The van der Waals surface area contributed by atoms with Gasteiger partial charge < -0.3 is 10.1 Å². The molecule has 0 aromatic heterocycles. The number of benzene rings is 1. The van der Waals surface area contributed by atoms with E-state index in [0.29, 0.717) is 6.42 Å². The quantitative estimate of drug-likeness (QED) is 0.890. The van der Waals surface area contributed by atoms with Gasteiger partial charge in [-0.15, -0.1) is 0 Å². The van der Waals surface area contributed by atoms with E-state index >= 15 is 0 Å². The summed E-state index contributed by atoms with van der Waals surface area (Å²) in [5, 5.41) is 2.96. The van der Waals surface area contributed by atoms with E-state index in [1.807, 2.05) is 39.0 Å². The topological polar surface area (TPSA) is 41.6 Å². The van der Waals surface area contributed by atoms with Crippen molar-refractivity contribution in [1.29, 1.82) is 0 Å². The van der Waals surface area contributed by atoms with Crippen LogP contribution in [0.25, 0.3) is 0 Å². The number of hydrogen-bond acceptors (Lipinski definition) is 3. The maximum Gasteiger partial charge on any atom is 0.407 e. The first kappa shape index (κ1) is 18.7. The van der Waals surface area contributed by atoms with Crippen LogP contribution in [-0.2, 0) is 11.3 Å². The minimum absolute atomic E-state index is 0.0759. The Morgan fingerprint density at radius 3 is 2.67 bits per heavy atom. The largest absolute Gasteiger partial charge is 0.444 e. The number of ether oxygens (including phenoxy) is 1. The normalized spacial score (nSPS) is 22.2. The highest BCUT2D eigenvalue weighted by molar-refractivity contribution is 5.68. The number of nitrogens with one attached hydrogen (secondary N) is 1. The van der Waals surface area contributed by atoms with Gasteiger partial charge in [-0.2, -0.15) is 0 Å². The maximum atomic E-state index is 12.8. The minimum atomic E-state index is -0.530. The Hall–Kier alpha value is -1.62. The van der Waals surface area contributed by atoms with Crippen molar-refractivity contribution in [2.24, 2.45) is 5.92 Å². The van der Waals surface area contributed by atoms with Crippen molar-refractivity contribution in [3.63, 3.8) is 0 Å². The molecule has 2 atom stereocenters. The molecule has 134 valence electrons. The molecule has 0 unspecified atom stereocenters. The van der Waals surface area contributed by atoms with Crippen LogP contribution in [0.2, 0.25) is 0 Å². The van der Waals surface area contributed by atoms with Crippen LogP contribution in [0, 0.1) is 5.92 Å². The zero-order valence-corrected chi connectivity index (χ0v) is 14.9. The fourth-order valence-electron chi connectivity index (χ4n) is 3.16. The van der Waals surface area contributed by atoms with E-state index in [-0.39, 0.29) is 18.6 Å². The van der Waals surface area contributed by atoms with E-state index in [1.165, 1.54) is 5.56 Å². The van der Waals surface area contributed by atoms with Crippen LogP contribution in [0.4, 0.5) is 9.18 Å². The van der Waals surface area contributed by atoms with Gasteiger partial charge in [0.2, 0.25) is 0 Å². The molecule has 5 heteroatoms. The van der Waals surface area contributed by atoms with Crippen LogP contribution in [-0.4, -0.2) is 42.4 Å². The molecule has 24 heavy (non-hydrogen) atoms. The number of alkyl halides is 1. The van der Waals surface area contributed by atoms with Gasteiger partial charge in [-0.1, -0.05) is 30.3 Å². The number of rotatable bonds is 5. The van der Waals surface area contributed by atoms with Gasteiger partial charge in [-0.25, -0.2) is 4.79 Å². The molecule has 0 radical (unpaired) electrons. The molecular weight excluding hydrogens is 307 g/mol. The average Bonchev–Trinajstić information content (AvgIpc) is 2.49. The molecule has 0 spiro atoms. The average molecular weight is 336 g/mol. The first-order valence-electron chi connectivity index (χ1n) is 8.69. The van der Waals surface area contributed by atoms with Gasteiger partial charge in [0.05, 0.1) is 6.67 Å². The Balaban J connectivity index is 1.96. The number of piperidine rings is 1. The van der Waals surface area contributed by atoms with E-state index in [4.69, 9.17) is 4.74 Å². The molecule has 1 aliphatic heterocycles. The van der Waals surface area contributed by atoms with Gasteiger partial charge in [0.1, 0.15) is 5.60 Å². The van der Waals surface area contributed by atoms with Crippen LogP contribution in [0.15, 0.2) is 30.3 Å². The summed E-state index contributed by atoms with van der Waals surface area (Å²) in [6.45, 7) is 7.66. The Kier molecular flexibility index (Phi) is 6.60. The van der Waals surface area contributed by atoms with E-state index < -0.39 is 11.7 Å². The van der Waals surface area contributed by atoms with Crippen LogP contribution < -0.4 is 5.32 Å². The van der Waals surface area contributed by atoms with Gasteiger partial charge in [0, 0.05) is 19.1 Å². The van der Waals surface area contributed by atoms with Crippen molar-refractivity contribution in [1.82, 2.24) is 10.2 Å². The van der Waals surface area contributed by atoms with Crippen molar-refractivity contribution >= 4 is 6.09 Å². The van der Waals surface area contributed by atoms with Gasteiger partial charge in [-0.3, -0.25) is 9.29 Å². The number of carbonyl (C=O) groups excluding carboxylic acids is 1. The van der Waals surface area contributed by atoms with E-state index in [2.05, 4.69) is 22.3 Å². The molecule has 4 nitrogen and oxygen atoms in total. The monoisotopic (exact) mass is 336 g/mol. The van der Waals surface area contributed by atoms with Gasteiger partial charge >= 0.3 is 6.09 Å². The van der Waals surface area contributed by atoms with Crippen LogP contribution in [0.3, 0.4) is 0 Å². The first-order chi connectivity index (χ1) is 11.4. The molecule has 1 fully saturated rings. The number of halogens is 1. The molecule has 1 aromatic rings. The summed E-state index contributed by atoms with van der Waals surface area (Å²) in [5.74, 6) is 0.162. The number of amides is 1. The van der Waals surface area contributed by atoms with Crippen LogP contribution >= 0.6 is 0 Å². The first-order valence-corrected chi connectivity index (χ1v) is 8.69. The Morgan fingerprint density at radius 1 is 1.33 bits per heavy atom. The molecule has 1 heterocycles. The van der Waals surface area contributed by atoms with Gasteiger partial charge in [-0.05, 0) is 51.6 Å². The second kappa shape index (κ2) is 8.47. The fraction of sp³-hybridized carbons (Fsp3) is 0.632. The highest BCUT2D eigenvalue weighted by Crippen LogP contribution is 2.23. The number of nitrogens with zero attached hydrogens (tertiary/aromatic N) is 1. The van der Waals surface area contributed by atoms with E-state index in [1.54, 1.807) is 0 Å². The molecule has 1 aliphatic rings. The zero-order valence-electron chi connectivity index (χ0n) is 14.9. The molecule has 0 saturated carbocycles. The van der Waals surface area contributed by atoms with E-state index in [0.717, 1.165) is 26.1 Å². The predicted octanol–water partition coefficient (Wildman–Crippen LogP) is 3.76. The molecule has 2 rings (SSSR count). The molecular formula is C19H29FN2O2. The summed E-state index contributed by atoms with van der Waals surface area (Å²) in [6.07, 6.45) is 0.953. The van der Waals surface area contributed by atoms with Crippen molar-refractivity contribution in [2.75, 3.05) is 19.8 Å². The molecule has 1 amide bonds. The third-order valence-corrected chi connectivity index (χ3v) is 4.27. The molecule has 1 aromatic carbocycles. The van der Waals surface area contributed by atoms with Crippen molar-refractivity contribution < 1.29 is 13.9 Å². The third-order valence-electron chi connectivity index (χ3n) is 4.27. The van der Waals surface area contributed by atoms with Crippen molar-refractivity contribution in [3.05, 3.63) is 35.9 Å². The number of carbonyl (C=O) groups is 1. The lowest BCUT2D eigenvalue weighted by Gasteiger charge is -2.39. The van der Waals surface area contributed by atoms with Gasteiger partial charge in [0.25, 0.3) is 0 Å². The molecule has 1 N–H and O–H groups in total. The zero-order chi connectivity index (χ0) is 17.6. The Bertz CT molecular complexity index is 516. The summed E-state index contributed by atoms with van der Waals surface area (Å²) in [5.41, 5.74) is 0.718. The standard InChI is InChI=1S/C19H29FN2O2/c1-19(2,3)24-18(23)21-17-14-22(12-10-16(17)9-11-20)13-15-7-5-4-6-8-15/h4-8,16-17H,9-14H2,1-3H3,(H,21,23)/t16-,17-/m1/s1. The fourth-order valence-corrected chi connectivity index (χ4v) is 3.16. The summed E-state index contributed by atoms with van der Waals surface area (Å²) < 4.78 is 18.2. The Labute approximate surface area is 144 Å². The van der Waals surface area contributed by atoms with Crippen LogP contribution in [0.1, 0.15) is 39.2 Å². The van der Waals surface area contributed by atoms with Crippen LogP contribution in [0.5, 0.6) is 0 Å². The maximum absolute atomic E-state index is 12.8. The summed E-state index contributed by atoms with van der Waals surface area (Å²) in [7, 11) is 0. The molecule has 1 saturated heterocycles. The Morgan fingerprint density at radius 2 is 2.04 bits per heavy atom. The second-order valence-corrected chi connectivity index (χ2v) is 7.50. The third kappa shape index (κ3) is 6.11. The van der Waals surface area contributed by atoms with Crippen molar-refractivity contribution in [3.8, 4) is 0 Å². The van der Waals surface area contributed by atoms with E-state index in [9.17, 15) is 9.18 Å². The minimum Gasteiger partial charge on any atom is -0.444 e. The summed E-state index contributed by atoms with van der Waals surface area (Å²) in [6, 6.07) is 10.2. The highest BCUT2D eigenvalue weighted by atomic mass is 19.1. The summed E-state index contributed by atoms with van der Waals surface area (Å²) in [4.78, 5) is 14.4. The van der Waals surface area contributed by atoms with Crippen molar-refractivity contribution in [2.45, 2.75) is 51.8 Å². The highest BCUT2D eigenvalue weighted by Gasteiger charge is 2.31. The number of likely N-dealkylation sites (tertiary alicyclic amines) is 1. The predicted molar refractivity (Wildman–Crippen MR) is 93.6 cm³/mol. The molecule has 0 aliphatic carbocycles. The summed E-state index contributed by atoms with van der Waals surface area (Å²) >= 11 is 0. The lowest BCUT2D eigenvalue weighted by atomic mass is 9.89. The SMILES string of the molecule is CC(C)(C)OC(=O)N[C@@H]1CN(Cc2ccccc2)CC[C@H]1CCF. The number of alkyl carbamates (subject to hydrolysis) is 1. The lowest BCUT2D eigenvalue weighted by Crippen LogP contribution is -2.53. The number of hydrogen-bond donors (Lipinski definition) is 1. The smallest absolute Gasteiger partial charge is 0.407 e.